The average molecular weight is 268 g/mol. The summed E-state index contributed by atoms with van der Waals surface area (Å²) in [5.74, 6) is 0. The predicted octanol–water partition coefficient (Wildman–Crippen LogP) is 2.65. The minimum atomic E-state index is 0.930. The molecule has 3 aromatic rings. The van der Waals surface area contributed by atoms with E-state index >= 15 is 0 Å². The number of rotatable bonds is 6. The summed E-state index contributed by atoms with van der Waals surface area (Å²) in [5, 5.41) is 4.75. The first-order valence-corrected chi connectivity index (χ1v) is 7.11. The summed E-state index contributed by atoms with van der Waals surface area (Å²) in [6, 6.07) is 8.75. The Morgan fingerprint density at radius 3 is 2.90 bits per heavy atom. The van der Waals surface area contributed by atoms with Crippen LogP contribution in [0, 0.1) is 0 Å². The van der Waals surface area contributed by atoms with E-state index in [0.717, 1.165) is 26.2 Å². The Balaban J connectivity index is 1.81. The molecule has 0 radical (unpaired) electrons. The third-order valence-corrected chi connectivity index (χ3v) is 3.63. The molecule has 0 fully saturated rings. The van der Waals surface area contributed by atoms with E-state index in [4.69, 9.17) is 0 Å². The highest BCUT2D eigenvalue weighted by molar-refractivity contribution is 5.83. The smallest absolute Gasteiger partial charge is 0.0946 e. The van der Waals surface area contributed by atoms with Crippen molar-refractivity contribution in [3.63, 3.8) is 0 Å². The Bertz CT molecular complexity index is 667. The summed E-state index contributed by atoms with van der Waals surface area (Å²) in [4.78, 5) is 4.08. The number of nitrogens with zero attached hydrogens (tertiary/aromatic N) is 3. The van der Waals surface area contributed by atoms with Crippen molar-refractivity contribution < 1.29 is 0 Å². The third kappa shape index (κ3) is 2.60. The fourth-order valence-corrected chi connectivity index (χ4v) is 2.54. The van der Waals surface area contributed by atoms with Crippen LogP contribution in [0.2, 0.25) is 0 Å². The van der Waals surface area contributed by atoms with E-state index in [1.165, 1.54) is 16.5 Å². The van der Waals surface area contributed by atoms with E-state index in [1.807, 2.05) is 18.7 Å². The summed E-state index contributed by atoms with van der Waals surface area (Å²) < 4.78 is 4.42. The van der Waals surface area contributed by atoms with Gasteiger partial charge in [-0.25, -0.2) is 4.98 Å². The lowest BCUT2D eigenvalue weighted by molar-refractivity contribution is 0.592. The molecular formula is C16H20N4. The molecule has 0 amide bonds. The number of aromatic nitrogens is 3. The summed E-state index contributed by atoms with van der Waals surface area (Å²) in [6.07, 6.45) is 7.86. The zero-order valence-corrected chi connectivity index (χ0v) is 11.8. The third-order valence-electron chi connectivity index (χ3n) is 3.63. The number of nitrogens with one attached hydrogen (secondary N) is 1. The topological polar surface area (TPSA) is 34.8 Å². The molecule has 0 bridgehead atoms. The molecule has 0 spiro atoms. The zero-order valence-electron chi connectivity index (χ0n) is 11.8. The van der Waals surface area contributed by atoms with Crippen LogP contribution in [-0.4, -0.2) is 20.7 Å². The largest absolute Gasteiger partial charge is 0.346 e. The highest BCUT2D eigenvalue weighted by atomic mass is 15.1. The lowest BCUT2D eigenvalue weighted by atomic mass is 10.1. The van der Waals surface area contributed by atoms with Gasteiger partial charge in [0.15, 0.2) is 0 Å². The van der Waals surface area contributed by atoms with Crippen LogP contribution in [0.15, 0.2) is 49.2 Å². The molecule has 0 saturated carbocycles. The summed E-state index contributed by atoms with van der Waals surface area (Å²) >= 11 is 0. The van der Waals surface area contributed by atoms with Crippen LogP contribution >= 0.6 is 0 Å². The predicted molar refractivity (Wildman–Crippen MR) is 81.5 cm³/mol. The summed E-state index contributed by atoms with van der Waals surface area (Å²) in [5.41, 5.74) is 2.67. The number of fused-ring (bicyclic) bond motifs is 1. The van der Waals surface area contributed by atoms with Gasteiger partial charge in [0, 0.05) is 49.1 Å². The van der Waals surface area contributed by atoms with Gasteiger partial charge >= 0.3 is 0 Å². The minimum Gasteiger partial charge on any atom is -0.346 e. The first-order valence-electron chi connectivity index (χ1n) is 7.11. The maximum atomic E-state index is 4.08. The van der Waals surface area contributed by atoms with Gasteiger partial charge in [-0.3, -0.25) is 0 Å². The molecule has 0 unspecified atom stereocenters. The molecule has 2 aromatic heterocycles. The minimum absolute atomic E-state index is 0.930. The molecule has 0 aliphatic rings. The van der Waals surface area contributed by atoms with E-state index in [1.54, 1.807) is 0 Å². The van der Waals surface area contributed by atoms with E-state index in [9.17, 15) is 0 Å². The van der Waals surface area contributed by atoms with Crippen molar-refractivity contribution in [1.29, 1.82) is 0 Å². The van der Waals surface area contributed by atoms with Crippen molar-refractivity contribution in [2.24, 2.45) is 0 Å². The molecule has 1 N–H and O–H groups in total. The SMILES string of the molecule is CCNCc1cccc2c1ccn2CCn1ccnc1. The Morgan fingerprint density at radius 1 is 1.15 bits per heavy atom. The van der Waals surface area contributed by atoms with Crippen LogP contribution in [0.4, 0.5) is 0 Å². The number of hydrogen-bond acceptors (Lipinski definition) is 2. The molecule has 4 heteroatoms. The normalized spacial score (nSPS) is 11.2. The highest BCUT2D eigenvalue weighted by Gasteiger charge is 2.05. The second kappa shape index (κ2) is 5.92. The number of benzene rings is 1. The molecule has 104 valence electrons. The lowest BCUT2D eigenvalue weighted by Crippen LogP contribution is -2.11. The van der Waals surface area contributed by atoms with Crippen LogP contribution in [0.3, 0.4) is 0 Å². The summed E-state index contributed by atoms with van der Waals surface area (Å²) in [6.45, 7) is 5.97. The van der Waals surface area contributed by atoms with Gasteiger partial charge in [0.1, 0.15) is 0 Å². The molecule has 4 nitrogen and oxygen atoms in total. The number of imidazole rings is 1. The number of hydrogen-bond donors (Lipinski definition) is 1. The van der Waals surface area contributed by atoms with Crippen LogP contribution in [0.25, 0.3) is 10.9 Å². The Labute approximate surface area is 119 Å². The molecule has 2 heterocycles. The van der Waals surface area contributed by atoms with Gasteiger partial charge in [-0.2, -0.15) is 0 Å². The fraction of sp³-hybridized carbons (Fsp3) is 0.312. The zero-order chi connectivity index (χ0) is 13.8. The van der Waals surface area contributed by atoms with E-state index < -0.39 is 0 Å². The first-order chi connectivity index (χ1) is 9.88. The molecule has 1 aromatic carbocycles. The Morgan fingerprint density at radius 2 is 2.10 bits per heavy atom. The maximum Gasteiger partial charge on any atom is 0.0946 e. The molecule has 0 atom stereocenters. The fourth-order valence-electron chi connectivity index (χ4n) is 2.54. The van der Waals surface area contributed by atoms with Crippen molar-refractivity contribution in [2.75, 3.05) is 6.54 Å². The van der Waals surface area contributed by atoms with Gasteiger partial charge in [0.2, 0.25) is 0 Å². The Hall–Kier alpha value is -2.07. The van der Waals surface area contributed by atoms with Gasteiger partial charge in [-0.1, -0.05) is 19.1 Å². The van der Waals surface area contributed by atoms with Crippen molar-refractivity contribution in [1.82, 2.24) is 19.4 Å². The lowest BCUT2D eigenvalue weighted by Gasteiger charge is -2.08. The van der Waals surface area contributed by atoms with Crippen molar-refractivity contribution in [3.05, 3.63) is 54.7 Å². The highest BCUT2D eigenvalue weighted by Crippen LogP contribution is 2.20. The molecule has 0 aliphatic carbocycles. The van der Waals surface area contributed by atoms with Gasteiger partial charge in [-0.15, -0.1) is 0 Å². The quantitative estimate of drug-likeness (QED) is 0.746. The average Bonchev–Trinajstić information content (AvgIpc) is 3.12. The van der Waals surface area contributed by atoms with E-state index in [2.05, 4.69) is 56.8 Å². The molecule has 20 heavy (non-hydrogen) atoms. The maximum absolute atomic E-state index is 4.08. The van der Waals surface area contributed by atoms with E-state index in [-0.39, 0.29) is 0 Å². The van der Waals surface area contributed by atoms with Crippen molar-refractivity contribution in [3.8, 4) is 0 Å². The van der Waals surface area contributed by atoms with Gasteiger partial charge < -0.3 is 14.5 Å². The molecule has 0 saturated heterocycles. The van der Waals surface area contributed by atoms with Crippen molar-refractivity contribution >= 4 is 10.9 Å². The monoisotopic (exact) mass is 268 g/mol. The van der Waals surface area contributed by atoms with Crippen LogP contribution in [-0.2, 0) is 19.6 Å². The van der Waals surface area contributed by atoms with Crippen LogP contribution in [0.5, 0.6) is 0 Å². The van der Waals surface area contributed by atoms with Gasteiger partial charge in [-0.05, 0) is 24.2 Å². The van der Waals surface area contributed by atoms with Gasteiger partial charge in [0.25, 0.3) is 0 Å². The molecular weight excluding hydrogens is 248 g/mol. The van der Waals surface area contributed by atoms with Crippen LogP contribution < -0.4 is 5.32 Å². The Kier molecular flexibility index (Phi) is 3.83. The second-order valence-corrected chi connectivity index (χ2v) is 4.94. The van der Waals surface area contributed by atoms with Crippen molar-refractivity contribution in [2.45, 2.75) is 26.6 Å². The molecule has 0 aliphatic heterocycles. The second-order valence-electron chi connectivity index (χ2n) is 4.94. The summed E-state index contributed by atoms with van der Waals surface area (Å²) in [7, 11) is 0. The van der Waals surface area contributed by atoms with Crippen LogP contribution in [0.1, 0.15) is 12.5 Å². The first kappa shape index (κ1) is 12.9. The van der Waals surface area contributed by atoms with Gasteiger partial charge in [0.05, 0.1) is 6.33 Å². The standard InChI is InChI=1S/C16H20N4/c1-2-17-12-14-4-3-5-16-15(14)6-8-20(16)11-10-19-9-7-18-13-19/h3-9,13,17H,2,10-12H2,1H3. The molecule has 3 rings (SSSR count). The number of aryl methyl sites for hydroxylation is 2. The van der Waals surface area contributed by atoms with E-state index in [0.29, 0.717) is 0 Å².